The minimum atomic E-state index is -1.29. The lowest BCUT2D eigenvalue weighted by atomic mass is 9.76. The molecule has 2 fully saturated rings. The number of carbonyl (C=O) groups is 3. The molecule has 0 bridgehead atoms. The van der Waals surface area contributed by atoms with Crippen LogP contribution < -0.4 is 16.0 Å². The standard InChI is InChI=1S/C20H16ClN3O3/c21-12-8-4-7-11-16(12)22-19(27)20(11)15-14(17(25)23-18(15)26)13(24-20)9-10-5-2-1-3-6-10/h1-8,13-15,24H,9H2,(H,22,27)(H,23,25,26)/t13-,14-,15-,20+/m1/s1. The highest BCUT2D eigenvalue weighted by Gasteiger charge is 2.68. The highest BCUT2D eigenvalue weighted by molar-refractivity contribution is 6.35. The number of nitrogens with one attached hydrogen (secondary N) is 3. The summed E-state index contributed by atoms with van der Waals surface area (Å²) in [6.07, 6.45) is 0.535. The van der Waals surface area contributed by atoms with E-state index in [1.54, 1.807) is 18.2 Å². The third kappa shape index (κ3) is 2.14. The van der Waals surface area contributed by atoms with E-state index >= 15 is 0 Å². The molecule has 7 heteroatoms. The number of amides is 3. The minimum Gasteiger partial charge on any atom is -0.323 e. The van der Waals surface area contributed by atoms with Crippen molar-refractivity contribution in [1.82, 2.24) is 10.6 Å². The lowest BCUT2D eigenvalue weighted by Gasteiger charge is -2.27. The topological polar surface area (TPSA) is 87.3 Å². The molecule has 1 spiro atoms. The predicted molar refractivity (Wildman–Crippen MR) is 99.0 cm³/mol. The smallest absolute Gasteiger partial charge is 0.250 e. The molecule has 3 aliphatic rings. The molecule has 3 heterocycles. The van der Waals surface area contributed by atoms with E-state index in [0.717, 1.165) is 5.56 Å². The summed E-state index contributed by atoms with van der Waals surface area (Å²) in [4.78, 5) is 38.3. The van der Waals surface area contributed by atoms with Gasteiger partial charge >= 0.3 is 0 Å². The summed E-state index contributed by atoms with van der Waals surface area (Å²) in [5.74, 6) is -2.53. The van der Waals surface area contributed by atoms with Gasteiger partial charge in [-0.1, -0.05) is 54.1 Å². The van der Waals surface area contributed by atoms with Gasteiger partial charge in [0, 0.05) is 11.6 Å². The first-order chi connectivity index (χ1) is 13.0. The van der Waals surface area contributed by atoms with Crippen LogP contribution in [0.4, 0.5) is 5.69 Å². The van der Waals surface area contributed by atoms with Crippen LogP contribution in [0.1, 0.15) is 11.1 Å². The molecule has 136 valence electrons. The van der Waals surface area contributed by atoms with E-state index in [4.69, 9.17) is 11.6 Å². The number of anilines is 1. The molecular weight excluding hydrogens is 366 g/mol. The largest absolute Gasteiger partial charge is 0.323 e. The van der Waals surface area contributed by atoms with Gasteiger partial charge in [-0.2, -0.15) is 0 Å². The molecule has 27 heavy (non-hydrogen) atoms. The second-order valence-corrected chi connectivity index (χ2v) is 7.63. The van der Waals surface area contributed by atoms with Crippen LogP contribution in [-0.2, 0) is 26.3 Å². The van der Waals surface area contributed by atoms with E-state index in [9.17, 15) is 14.4 Å². The maximum absolute atomic E-state index is 13.1. The third-order valence-corrected chi connectivity index (χ3v) is 6.15. The number of benzene rings is 2. The molecule has 5 rings (SSSR count). The average Bonchev–Trinajstić information content (AvgIpc) is 3.24. The lowest BCUT2D eigenvalue weighted by Crippen LogP contribution is -2.53. The summed E-state index contributed by atoms with van der Waals surface area (Å²) in [5.41, 5.74) is 0.863. The molecule has 3 aliphatic heterocycles. The Bertz CT molecular complexity index is 993. The Morgan fingerprint density at radius 1 is 0.926 bits per heavy atom. The van der Waals surface area contributed by atoms with E-state index in [-0.39, 0.29) is 17.9 Å². The van der Waals surface area contributed by atoms with Gasteiger partial charge in [0.15, 0.2) is 0 Å². The van der Waals surface area contributed by atoms with E-state index in [0.29, 0.717) is 22.7 Å². The molecule has 4 atom stereocenters. The summed E-state index contributed by atoms with van der Waals surface area (Å²) in [6.45, 7) is 0. The zero-order valence-corrected chi connectivity index (χ0v) is 14.9. The zero-order valence-electron chi connectivity index (χ0n) is 14.2. The monoisotopic (exact) mass is 381 g/mol. The second kappa shape index (κ2) is 5.65. The highest BCUT2D eigenvalue weighted by Crippen LogP contribution is 2.52. The van der Waals surface area contributed by atoms with Crippen molar-refractivity contribution in [2.45, 2.75) is 18.0 Å². The molecule has 0 aliphatic carbocycles. The quantitative estimate of drug-likeness (QED) is 0.689. The molecule has 0 unspecified atom stereocenters. The first kappa shape index (κ1) is 16.5. The minimum absolute atomic E-state index is 0.335. The van der Waals surface area contributed by atoms with Crippen LogP contribution in [-0.4, -0.2) is 23.8 Å². The summed E-state index contributed by atoms with van der Waals surface area (Å²) < 4.78 is 0. The predicted octanol–water partition coefficient (Wildman–Crippen LogP) is 1.59. The first-order valence-corrected chi connectivity index (χ1v) is 9.17. The number of carbonyl (C=O) groups excluding carboxylic acids is 3. The van der Waals surface area contributed by atoms with Crippen molar-refractivity contribution in [2.75, 3.05) is 5.32 Å². The molecule has 3 N–H and O–H groups in total. The Morgan fingerprint density at radius 2 is 1.70 bits per heavy atom. The fourth-order valence-corrected chi connectivity index (χ4v) is 4.98. The maximum atomic E-state index is 13.1. The van der Waals surface area contributed by atoms with Crippen molar-refractivity contribution in [3.63, 3.8) is 0 Å². The summed E-state index contributed by atoms with van der Waals surface area (Å²) in [7, 11) is 0. The van der Waals surface area contributed by atoms with Gasteiger partial charge in [0.05, 0.1) is 22.5 Å². The van der Waals surface area contributed by atoms with Crippen molar-refractivity contribution in [3.05, 3.63) is 64.7 Å². The van der Waals surface area contributed by atoms with Crippen molar-refractivity contribution >= 4 is 35.0 Å². The lowest BCUT2D eigenvalue weighted by molar-refractivity contribution is -0.132. The molecule has 0 saturated carbocycles. The SMILES string of the molecule is O=C1NC(=O)[C@H]2[C@H]1[C@@H](Cc1ccccc1)N[C@]21C(=O)Nc2c(Cl)cccc21. The van der Waals surface area contributed by atoms with E-state index < -0.39 is 23.3 Å². The van der Waals surface area contributed by atoms with Gasteiger partial charge in [-0.15, -0.1) is 0 Å². The number of hydrogen-bond donors (Lipinski definition) is 3. The van der Waals surface area contributed by atoms with Crippen molar-refractivity contribution < 1.29 is 14.4 Å². The molecule has 2 aromatic rings. The van der Waals surface area contributed by atoms with Gasteiger partial charge in [0.1, 0.15) is 5.54 Å². The molecule has 2 aromatic carbocycles. The second-order valence-electron chi connectivity index (χ2n) is 7.22. The Morgan fingerprint density at radius 3 is 2.48 bits per heavy atom. The van der Waals surface area contributed by atoms with Crippen LogP contribution in [0.2, 0.25) is 5.02 Å². The van der Waals surface area contributed by atoms with Crippen LogP contribution in [0.25, 0.3) is 0 Å². The van der Waals surface area contributed by atoms with Gasteiger partial charge in [0.2, 0.25) is 17.7 Å². The van der Waals surface area contributed by atoms with E-state index in [1.165, 1.54) is 0 Å². The fourth-order valence-electron chi connectivity index (χ4n) is 4.76. The van der Waals surface area contributed by atoms with Crippen LogP contribution in [0.15, 0.2) is 48.5 Å². The summed E-state index contributed by atoms with van der Waals surface area (Å²) in [5, 5.41) is 9.00. The molecule has 2 saturated heterocycles. The number of halogens is 1. The Labute approximate surface area is 160 Å². The molecule has 3 amide bonds. The summed E-state index contributed by atoms with van der Waals surface area (Å²) >= 11 is 6.26. The molecular formula is C20H16ClN3O3. The average molecular weight is 382 g/mol. The number of imide groups is 1. The van der Waals surface area contributed by atoms with Gasteiger partial charge in [-0.3, -0.25) is 25.0 Å². The maximum Gasteiger partial charge on any atom is 0.250 e. The van der Waals surface area contributed by atoms with Gasteiger partial charge in [0.25, 0.3) is 0 Å². The van der Waals surface area contributed by atoms with Crippen molar-refractivity contribution in [2.24, 2.45) is 11.8 Å². The van der Waals surface area contributed by atoms with Crippen LogP contribution >= 0.6 is 11.6 Å². The Hall–Kier alpha value is -2.70. The number of para-hydroxylation sites is 1. The highest BCUT2D eigenvalue weighted by atomic mass is 35.5. The summed E-state index contributed by atoms with van der Waals surface area (Å²) in [6, 6.07) is 14.6. The Kier molecular flexibility index (Phi) is 3.44. The van der Waals surface area contributed by atoms with E-state index in [2.05, 4.69) is 16.0 Å². The van der Waals surface area contributed by atoms with Crippen LogP contribution in [0.5, 0.6) is 0 Å². The van der Waals surface area contributed by atoms with Gasteiger partial charge in [-0.25, -0.2) is 0 Å². The zero-order chi connectivity index (χ0) is 18.8. The van der Waals surface area contributed by atoms with Crippen LogP contribution in [0, 0.1) is 11.8 Å². The van der Waals surface area contributed by atoms with Gasteiger partial charge in [-0.05, 0) is 18.1 Å². The van der Waals surface area contributed by atoms with Crippen molar-refractivity contribution in [1.29, 1.82) is 0 Å². The first-order valence-electron chi connectivity index (χ1n) is 8.79. The Balaban J connectivity index is 1.64. The number of rotatable bonds is 2. The van der Waals surface area contributed by atoms with E-state index in [1.807, 2.05) is 30.3 Å². The number of hydrogen-bond acceptors (Lipinski definition) is 4. The number of fused-ring (bicyclic) bond motifs is 4. The molecule has 0 aromatic heterocycles. The molecule has 6 nitrogen and oxygen atoms in total. The van der Waals surface area contributed by atoms with Crippen LogP contribution in [0.3, 0.4) is 0 Å². The third-order valence-electron chi connectivity index (χ3n) is 5.84. The fraction of sp³-hybridized carbons (Fsp3) is 0.250. The van der Waals surface area contributed by atoms with Crippen molar-refractivity contribution in [3.8, 4) is 0 Å². The van der Waals surface area contributed by atoms with Gasteiger partial charge < -0.3 is 5.32 Å². The molecule has 0 radical (unpaired) electrons. The normalized spacial score (nSPS) is 31.0.